The van der Waals surface area contributed by atoms with Crippen molar-refractivity contribution in [2.45, 2.75) is 32.9 Å². The molecule has 1 amide bonds. The second-order valence-corrected chi connectivity index (χ2v) is 10.4. The van der Waals surface area contributed by atoms with Gasteiger partial charge in [-0.25, -0.2) is 8.42 Å². The third-order valence-electron chi connectivity index (χ3n) is 5.62. The zero-order valence-electron chi connectivity index (χ0n) is 19.7. The summed E-state index contributed by atoms with van der Waals surface area (Å²) in [5.41, 5.74) is 3.58. The molecule has 0 unspecified atom stereocenters. The molecule has 1 N–H and O–H groups in total. The van der Waals surface area contributed by atoms with Gasteiger partial charge in [-0.05, 0) is 66.4 Å². The lowest BCUT2D eigenvalue weighted by Gasteiger charge is -2.23. The number of carbonyl (C=O) groups is 1. The predicted octanol–water partition coefficient (Wildman–Crippen LogP) is 5.50. The Labute approximate surface area is 206 Å². The first-order chi connectivity index (χ1) is 16.1. The lowest BCUT2D eigenvalue weighted by molar-refractivity contribution is 0.0935. The maximum absolute atomic E-state index is 12.9. The molecule has 34 heavy (non-hydrogen) atoms. The Balaban J connectivity index is 1.79. The minimum atomic E-state index is -3.57. The van der Waals surface area contributed by atoms with E-state index < -0.39 is 10.0 Å². The van der Waals surface area contributed by atoms with E-state index in [1.54, 1.807) is 49.6 Å². The summed E-state index contributed by atoms with van der Waals surface area (Å²) in [5.74, 6) is 0.566. The summed E-state index contributed by atoms with van der Waals surface area (Å²) in [6.45, 7) is 4.07. The molecule has 3 rings (SSSR count). The zero-order valence-corrected chi connectivity index (χ0v) is 21.3. The molecule has 0 aromatic heterocycles. The lowest BCUT2D eigenvalue weighted by atomic mass is 10.0. The molecule has 3 aromatic rings. The Morgan fingerprint density at radius 3 is 2.32 bits per heavy atom. The van der Waals surface area contributed by atoms with Crippen molar-refractivity contribution < 1.29 is 17.9 Å². The number of hydrogen-bond donors (Lipinski definition) is 1. The fourth-order valence-corrected chi connectivity index (χ4v) is 4.82. The van der Waals surface area contributed by atoms with Crippen LogP contribution in [0.15, 0.2) is 66.7 Å². The van der Waals surface area contributed by atoms with Crippen LogP contribution in [0.25, 0.3) is 0 Å². The maximum atomic E-state index is 12.9. The summed E-state index contributed by atoms with van der Waals surface area (Å²) in [4.78, 5) is 12.9. The van der Waals surface area contributed by atoms with Gasteiger partial charge >= 0.3 is 0 Å². The van der Waals surface area contributed by atoms with Crippen molar-refractivity contribution >= 4 is 33.2 Å². The van der Waals surface area contributed by atoms with E-state index in [0.29, 0.717) is 21.8 Å². The molecule has 0 aliphatic carbocycles. The van der Waals surface area contributed by atoms with Crippen LogP contribution in [0.3, 0.4) is 0 Å². The molecule has 0 aliphatic heterocycles. The number of nitrogens with one attached hydrogen (secondary N) is 1. The molecule has 0 saturated heterocycles. The van der Waals surface area contributed by atoms with Crippen LogP contribution >= 0.6 is 11.6 Å². The van der Waals surface area contributed by atoms with Crippen LogP contribution in [0.4, 0.5) is 5.69 Å². The highest BCUT2D eigenvalue weighted by Gasteiger charge is 2.20. The van der Waals surface area contributed by atoms with Gasteiger partial charge in [0.15, 0.2) is 0 Å². The molecule has 8 heteroatoms. The Kier molecular flexibility index (Phi) is 8.23. The molecule has 180 valence electrons. The van der Waals surface area contributed by atoms with Gasteiger partial charge in [0.2, 0.25) is 10.0 Å². The van der Waals surface area contributed by atoms with Crippen LogP contribution in [0.1, 0.15) is 46.4 Å². The molecule has 0 bridgehead atoms. The van der Waals surface area contributed by atoms with E-state index in [1.165, 1.54) is 4.31 Å². The Hall–Kier alpha value is -3.03. The summed E-state index contributed by atoms with van der Waals surface area (Å²) < 4.78 is 31.5. The lowest BCUT2D eigenvalue weighted by Crippen LogP contribution is -2.30. The number of sulfonamides is 1. The highest BCUT2D eigenvalue weighted by molar-refractivity contribution is 7.92. The number of halogens is 1. The van der Waals surface area contributed by atoms with E-state index in [0.717, 1.165) is 29.6 Å². The van der Waals surface area contributed by atoms with Gasteiger partial charge in [-0.1, -0.05) is 48.9 Å². The molecule has 0 heterocycles. The van der Waals surface area contributed by atoms with Crippen molar-refractivity contribution in [3.63, 3.8) is 0 Å². The number of aryl methyl sites for hydroxylation is 1. The van der Waals surface area contributed by atoms with Gasteiger partial charge in [-0.15, -0.1) is 0 Å². The summed E-state index contributed by atoms with van der Waals surface area (Å²) in [6, 6.07) is 19.3. The third-order valence-corrected chi connectivity index (χ3v) is 7.13. The summed E-state index contributed by atoms with van der Waals surface area (Å²) in [7, 11) is -1.94. The molecule has 0 fully saturated rings. The van der Waals surface area contributed by atoms with Crippen LogP contribution in [-0.4, -0.2) is 27.7 Å². The monoisotopic (exact) mass is 500 g/mol. The molecule has 0 aliphatic rings. The van der Waals surface area contributed by atoms with Crippen molar-refractivity contribution in [2.75, 3.05) is 17.7 Å². The number of nitrogens with zero attached hydrogens (tertiary/aromatic N) is 1. The Morgan fingerprint density at radius 1 is 1.09 bits per heavy atom. The van der Waals surface area contributed by atoms with Crippen molar-refractivity contribution in [2.24, 2.45) is 0 Å². The normalized spacial score (nSPS) is 12.1. The van der Waals surface area contributed by atoms with Crippen LogP contribution < -0.4 is 14.4 Å². The third kappa shape index (κ3) is 6.10. The number of methoxy groups -OCH3 is 1. The molecule has 0 saturated carbocycles. The number of ether oxygens (including phenoxy) is 1. The second-order valence-electron chi connectivity index (χ2n) is 8.07. The van der Waals surface area contributed by atoms with Crippen LogP contribution in [-0.2, 0) is 16.6 Å². The van der Waals surface area contributed by atoms with Crippen molar-refractivity contribution in [3.05, 3.63) is 94.0 Å². The Bertz CT molecular complexity index is 1260. The average molecular weight is 501 g/mol. The van der Waals surface area contributed by atoms with Gasteiger partial charge in [0.05, 0.1) is 31.6 Å². The molecule has 3 aromatic carbocycles. The number of hydrogen-bond acceptors (Lipinski definition) is 4. The first kappa shape index (κ1) is 25.6. The Morgan fingerprint density at radius 2 is 1.76 bits per heavy atom. The van der Waals surface area contributed by atoms with Crippen molar-refractivity contribution in [1.82, 2.24) is 5.32 Å². The van der Waals surface area contributed by atoms with Crippen LogP contribution in [0.5, 0.6) is 5.75 Å². The summed E-state index contributed by atoms with van der Waals surface area (Å²) >= 11 is 6.23. The van der Waals surface area contributed by atoms with E-state index in [-0.39, 0.29) is 18.5 Å². The summed E-state index contributed by atoms with van der Waals surface area (Å²) in [6.07, 6.45) is 1.86. The SMILES string of the molecule is CC[C@H](NC(=O)c1ccc(N(Cc2ccccc2Cl)S(C)(=O)=O)cc1)c1ccc(OC)c(C)c1. The largest absolute Gasteiger partial charge is 0.496 e. The van der Waals surface area contributed by atoms with Crippen molar-refractivity contribution in [1.29, 1.82) is 0 Å². The number of benzene rings is 3. The smallest absolute Gasteiger partial charge is 0.251 e. The van der Waals surface area contributed by atoms with E-state index in [9.17, 15) is 13.2 Å². The quantitative estimate of drug-likeness (QED) is 0.420. The zero-order chi connectivity index (χ0) is 24.9. The van der Waals surface area contributed by atoms with E-state index in [1.807, 2.05) is 38.1 Å². The van der Waals surface area contributed by atoms with E-state index >= 15 is 0 Å². The van der Waals surface area contributed by atoms with E-state index in [4.69, 9.17) is 16.3 Å². The standard InChI is InChI=1S/C26H29ClN2O4S/c1-5-24(20-12-15-25(33-3)18(2)16-20)28-26(30)19-10-13-22(14-11-19)29(34(4,31)32)17-21-8-6-7-9-23(21)27/h6-16,24H,5,17H2,1-4H3,(H,28,30)/t24-/m0/s1. The number of rotatable bonds is 9. The van der Waals surface area contributed by atoms with Gasteiger partial charge in [0.1, 0.15) is 5.75 Å². The van der Waals surface area contributed by atoms with Gasteiger partial charge < -0.3 is 10.1 Å². The van der Waals surface area contributed by atoms with Gasteiger partial charge in [0.25, 0.3) is 5.91 Å². The minimum absolute atomic E-state index is 0.0960. The first-order valence-electron chi connectivity index (χ1n) is 10.9. The van der Waals surface area contributed by atoms with Crippen LogP contribution in [0, 0.1) is 6.92 Å². The predicted molar refractivity (Wildman–Crippen MR) is 137 cm³/mol. The fraction of sp³-hybridized carbons (Fsp3) is 0.269. The molecule has 0 spiro atoms. The molecular formula is C26H29ClN2O4S. The second kappa shape index (κ2) is 10.9. The van der Waals surface area contributed by atoms with Gasteiger partial charge in [-0.2, -0.15) is 0 Å². The van der Waals surface area contributed by atoms with Crippen molar-refractivity contribution in [3.8, 4) is 5.75 Å². The molecular weight excluding hydrogens is 472 g/mol. The average Bonchev–Trinajstić information content (AvgIpc) is 2.81. The highest BCUT2D eigenvalue weighted by atomic mass is 35.5. The fourth-order valence-electron chi connectivity index (χ4n) is 3.74. The van der Waals surface area contributed by atoms with Gasteiger partial charge in [0, 0.05) is 10.6 Å². The molecule has 0 radical (unpaired) electrons. The minimum Gasteiger partial charge on any atom is -0.496 e. The maximum Gasteiger partial charge on any atom is 0.251 e. The topological polar surface area (TPSA) is 75.7 Å². The van der Waals surface area contributed by atoms with Crippen LogP contribution in [0.2, 0.25) is 5.02 Å². The van der Waals surface area contributed by atoms with E-state index in [2.05, 4.69) is 5.32 Å². The molecule has 1 atom stereocenters. The van der Waals surface area contributed by atoms with Gasteiger partial charge in [-0.3, -0.25) is 9.10 Å². The number of amides is 1. The first-order valence-corrected chi connectivity index (χ1v) is 13.1. The molecule has 6 nitrogen and oxygen atoms in total. The number of anilines is 1. The number of carbonyl (C=O) groups excluding carboxylic acids is 1. The summed E-state index contributed by atoms with van der Waals surface area (Å²) in [5, 5.41) is 3.55. The highest BCUT2D eigenvalue weighted by Crippen LogP contribution is 2.26.